The minimum atomic E-state index is -0.361. The van der Waals surface area contributed by atoms with E-state index in [1.54, 1.807) is 18.6 Å². The molecule has 1 atom stereocenters. The SMILES string of the molecule is CC1(C)CC(O)CCN(C(=O)c2cnc3c(c2)ncn3-c2ccccc2)C1. The van der Waals surface area contributed by atoms with Crippen LogP contribution in [0.25, 0.3) is 16.9 Å². The van der Waals surface area contributed by atoms with E-state index in [1.807, 2.05) is 39.8 Å². The predicted molar refractivity (Wildman–Crippen MR) is 104 cm³/mol. The van der Waals surface area contributed by atoms with Crippen molar-refractivity contribution < 1.29 is 9.90 Å². The average Bonchev–Trinajstić information content (AvgIpc) is 3.01. The first-order chi connectivity index (χ1) is 12.9. The smallest absolute Gasteiger partial charge is 0.255 e. The third-order valence-electron chi connectivity index (χ3n) is 5.10. The topological polar surface area (TPSA) is 71.2 Å². The predicted octanol–water partition coefficient (Wildman–Crippen LogP) is 3.04. The number of imidazole rings is 1. The molecular formula is C21H24N4O2. The van der Waals surface area contributed by atoms with Gasteiger partial charge in [0.15, 0.2) is 5.65 Å². The summed E-state index contributed by atoms with van der Waals surface area (Å²) in [6.45, 7) is 5.36. The van der Waals surface area contributed by atoms with Gasteiger partial charge in [-0.15, -0.1) is 0 Å². The van der Waals surface area contributed by atoms with Gasteiger partial charge in [-0.2, -0.15) is 0 Å². The van der Waals surface area contributed by atoms with E-state index >= 15 is 0 Å². The molecule has 1 amide bonds. The average molecular weight is 364 g/mol. The lowest BCUT2D eigenvalue weighted by molar-refractivity contribution is 0.0704. The van der Waals surface area contributed by atoms with E-state index < -0.39 is 0 Å². The zero-order valence-electron chi connectivity index (χ0n) is 15.7. The van der Waals surface area contributed by atoms with Gasteiger partial charge >= 0.3 is 0 Å². The molecule has 4 rings (SSSR count). The Morgan fingerprint density at radius 2 is 2.00 bits per heavy atom. The molecule has 0 bridgehead atoms. The van der Waals surface area contributed by atoms with Crippen molar-refractivity contribution in [3.63, 3.8) is 0 Å². The maximum absolute atomic E-state index is 13.0. The molecule has 0 aliphatic carbocycles. The van der Waals surface area contributed by atoms with Crippen LogP contribution in [-0.2, 0) is 0 Å². The first-order valence-electron chi connectivity index (χ1n) is 9.29. The summed E-state index contributed by atoms with van der Waals surface area (Å²) in [5.74, 6) is -0.0548. The van der Waals surface area contributed by atoms with Crippen molar-refractivity contribution in [2.75, 3.05) is 13.1 Å². The second-order valence-electron chi connectivity index (χ2n) is 8.05. The lowest BCUT2D eigenvalue weighted by Crippen LogP contribution is -2.37. The van der Waals surface area contributed by atoms with Crippen molar-refractivity contribution >= 4 is 17.1 Å². The summed E-state index contributed by atoms with van der Waals surface area (Å²) >= 11 is 0. The van der Waals surface area contributed by atoms with Gasteiger partial charge < -0.3 is 10.0 Å². The minimum Gasteiger partial charge on any atom is -0.393 e. The molecule has 3 heterocycles. The van der Waals surface area contributed by atoms with Crippen molar-refractivity contribution in [2.24, 2.45) is 5.41 Å². The molecule has 6 nitrogen and oxygen atoms in total. The summed E-state index contributed by atoms with van der Waals surface area (Å²) in [6.07, 6.45) is 4.30. The largest absolute Gasteiger partial charge is 0.393 e. The van der Waals surface area contributed by atoms with E-state index in [9.17, 15) is 9.90 Å². The summed E-state index contributed by atoms with van der Waals surface area (Å²) < 4.78 is 1.91. The van der Waals surface area contributed by atoms with Crippen LogP contribution in [0.3, 0.4) is 0 Å². The van der Waals surface area contributed by atoms with Gasteiger partial charge in [0.1, 0.15) is 11.8 Å². The van der Waals surface area contributed by atoms with Crippen molar-refractivity contribution in [3.05, 3.63) is 54.5 Å². The molecule has 1 aromatic carbocycles. The van der Waals surface area contributed by atoms with Crippen molar-refractivity contribution in [1.82, 2.24) is 19.4 Å². The highest BCUT2D eigenvalue weighted by Crippen LogP contribution is 2.29. The summed E-state index contributed by atoms with van der Waals surface area (Å²) in [5.41, 5.74) is 2.82. The fourth-order valence-electron chi connectivity index (χ4n) is 3.86. The maximum atomic E-state index is 13.0. The fourth-order valence-corrected chi connectivity index (χ4v) is 3.86. The maximum Gasteiger partial charge on any atom is 0.255 e. The number of aliphatic hydroxyl groups excluding tert-OH is 1. The van der Waals surface area contributed by atoms with Gasteiger partial charge in [-0.1, -0.05) is 32.0 Å². The lowest BCUT2D eigenvalue weighted by atomic mass is 9.87. The second kappa shape index (κ2) is 6.78. The van der Waals surface area contributed by atoms with Gasteiger partial charge in [0.25, 0.3) is 5.91 Å². The number of pyridine rings is 1. The number of likely N-dealkylation sites (tertiary alicyclic amines) is 1. The Bertz CT molecular complexity index is 965. The number of hydrogen-bond donors (Lipinski definition) is 1. The van der Waals surface area contributed by atoms with Crippen LogP contribution in [0.15, 0.2) is 48.9 Å². The molecule has 0 radical (unpaired) electrons. The van der Waals surface area contributed by atoms with Crippen LogP contribution in [0, 0.1) is 5.41 Å². The lowest BCUT2D eigenvalue weighted by Gasteiger charge is -2.29. The highest BCUT2D eigenvalue weighted by molar-refractivity contribution is 5.96. The number of para-hydroxylation sites is 1. The molecule has 3 aromatic rings. The number of carbonyl (C=O) groups excluding carboxylic acids is 1. The van der Waals surface area contributed by atoms with Crippen molar-refractivity contribution in [3.8, 4) is 5.69 Å². The van der Waals surface area contributed by atoms with E-state index in [-0.39, 0.29) is 17.4 Å². The fraction of sp³-hybridized carbons (Fsp3) is 0.381. The highest BCUT2D eigenvalue weighted by atomic mass is 16.3. The van der Waals surface area contributed by atoms with Gasteiger partial charge in [-0.05, 0) is 36.5 Å². The van der Waals surface area contributed by atoms with E-state index in [1.165, 1.54) is 0 Å². The standard InChI is InChI=1S/C21H24N4O2/c1-21(2)11-17(26)8-9-24(13-21)20(27)15-10-18-19(22-12-15)25(14-23-18)16-6-4-3-5-7-16/h3-7,10,12,14,17,26H,8-9,11,13H2,1-2H3. The van der Waals surface area contributed by atoms with Crippen LogP contribution in [0.5, 0.6) is 0 Å². The summed E-state index contributed by atoms with van der Waals surface area (Å²) in [4.78, 5) is 23.8. The molecule has 0 spiro atoms. The second-order valence-corrected chi connectivity index (χ2v) is 8.05. The van der Waals surface area contributed by atoms with Crippen LogP contribution in [0.4, 0.5) is 0 Å². The minimum absolute atomic E-state index is 0.0548. The zero-order valence-corrected chi connectivity index (χ0v) is 15.7. The van der Waals surface area contributed by atoms with Gasteiger partial charge in [0.05, 0.1) is 11.7 Å². The number of rotatable bonds is 2. The summed E-state index contributed by atoms with van der Waals surface area (Å²) in [5, 5.41) is 10.1. The number of amides is 1. The Hall–Kier alpha value is -2.73. The van der Waals surface area contributed by atoms with Gasteiger partial charge in [0, 0.05) is 25.0 Å². The quantitative estimate of drug-likeness (QED) is 0.759. The van der Waals surface area contributed by atoms with Gasteiger partial charge in [-0.25, -0.2) is 9.97 Å². The molecule has 1 fully saturated rings. The number of carbonyl (C=O) groups is 1. The number of aliphatic hydroxyl groups is 1. The third-order valence-corrected chi connectivity index (χ3v) is 5.10. The number of benzene rings is 1. The number of hydrogen-bond acceptors (Lipinski definition) is 4. The molecule has 1 aliphatic heterocycles. The van der Waals surface area contributed by atoms with Gasteiger partial charge in [-0.3, -0.25) is 9.36 Å². The Kier molecular flexibility index (Phi) is 4.44. The molecule has 0 saturated carbocycles. The first kappa shape index (κ1) is 17.7. The Morgan fingerprint density at radius 1 is 1.22 bits per heavy atom. The first-order valence-corrected chi connectivity index (χ1v) is 9.29. The van der Waals surface area contributed by atoms with Crippen molar-refractivity contribution in [1.29, 1.82) is 0 Å². The molecule has 1 saturated heterocycles. The van der Waals surface area contributed by atoms with Crippen molar-refractivity contribution in [2.45, 2.75) is 32.8 Å². The molecule has 6 heteroatoms. The van der Waals surface area contributed by atoms with E-state index in [0.29, 0.717) is 37.0 Å². The normalized spacial score (nSPS) is 19.8. The molecule has 1 N–H and O–H groups in total. The molecule has 1 aliphatic rings. The summed E-state index contributed by atoms with van der Waals surface area (Å²) in [7, 11) is 0. The van der Waals surface area contributed by atoms with Crippen LogP contribution < -0.4 is 0 Å². The molecule has 1 unspecified atom stereocenters. The molecule has 140 valence electrons. The van der Waals surface area contributed by atoms with Crippen LogP contribution in [0.2, 0.25) is 0 Å². The number of fused-ring (bicyclic) bond motifs is 1. The third kappa shape index (κ3) is 3.57. The van der Waals surface area contributed by atoms with Crippen LogP contribution in [0.1, 0.15) is 37.0 Å². The number of aromatic nitrogens is 3. The van der Waals surface area contributed by atoms with E-state index in [4.69, 9.17) is 0 Å². The molecule has 2 aromatic heterocycles. The van der Waals surface area contributed by atoms with Crippen LogP contribution in [-0.4, -0.2) is 49.6 Å². The number of nitrogens with zero attached hydrogens (tertiary/aromatic N) is 4. The van der Waals surface area contributed by atoms with E-state index in [0.717, 1.165) is 11.3 Å². The molecular weight excluding hydrogens is 340 g/mol. The van der Waals surface area contributed by atoms with Gasteiger partial charge in [0.2, 0.25) is 0 Å². The van der Waals surface area contributed by atoms with E-state index in [2.05, 4.69) is 23.8 Å². The van der Waals surface area contributed by atoms with Crippen LogP contribution >= 0.6 is 0 Å². The highest BCUT2D eigenvalue weighted by Gasteiger charge is 2.31. The summed E-state index contributed by atoms with van der Waals surface area (Å²) in [6, 6.07) is 11.7. The zero-order chi connectivity index (χ0) is 19.0. The Labute approximate surface area is 158 Å². The Morgan fingerprint density at radius 3 is 2.78 bits per heavy atom. The Balaban J connectivity index is 1.63. The molecule has 27 heavy (non-hydrogen) atoms. The monoisotopic (exact) mass is 364 g/mol.